The summed E-state index contributed by atoms with van der Waals surface area (Å²) in [5.74, 6) is 0.524. The summed E-state index contributed by atoms with van der Waals surface area (Å²) in [5, 5.41) is 3.38. The maximum Gasteiger partial charge on any atom is 0.181 e. The lowest BCUT2D eigenvalue weighted by molar-refractivity contribution is 0.572. The lowest BCUT2D eigenvalue weighted by Crippen LogP contribution is -2.06. The molecule has 0 spiro atoms. The summed E-state index contributed by atoms with van der Waals surface area (Å²) >= 11 is 0. The van der Waals surface area contributed by atoms with Gasteiger partial charge >= 0.3 is 0 Å². The minimum atomic E-state index is -0.220. The second kappa shape index (κ2) is 5.79. The van der Waals surface area contributed by atoms with Crippen molar-refractivity contribution in [1.82, 2.24) is 4.98 Å². The molecule has 0 saturated heterocycles. The Kier molecular flexibility index (Phi) is 3.69. The van der Waals surface area contributed by atoms with Crippen molar-refractivity contribution in [3.8, 4) is 11.3 Å². The van der Waals surface area contributed by atoms with E-state index in [2.05, 4.69) is 10.3 Å². The molecule has 0 bridgehead atoms. The van der Waals surface area contributed by atoms with Gasteiger partial charge in [0.15, 0.2) is 12.2 Å². The first-order valence-electron chi connectivity index (χ1n) is 6.73. The van der Waals surface area contributed by atoms with Gasteiger partial charge in [0, 0.05) is 17.3 Å². The van der Waals surface area contributed by atoms with E-state index in [0.29, 0.717) is 0 Å². The van der Waals surface area contributed by atoms with Gasteiger partial charge in [0.2, 0.25) is 0 Å². The van der Waals surface area contributed by atoms with Crippen LogP contribution in [0, 0.1) is 5.82 Å². The monoisotopic (exact) mass is 282 g/mol. The fourth-order valence-electron chi connectivity index (χ4n) is 2.17. The number of nitrogens with zero attached hydrogens (tertiary/aromatic N) is 1. The molecule has 3 aromatic rings. The van der Waals surface area contributed by atoms with E-state index in [4.69, 9.17) is 4.42 Å². The van der Waals surface area contributed by atoms with Crippen LogP contribution in [0.3, 0.4) is 0 Å². The Bertz CT molecular complexity index is 691. The van der Waals surface area contributed by atoms with Crippen LogP contribution in [-0.2, 0) is 0 Å². The van der Waals surface area contributed by atoms with Crippen molar-refractivity contribution in [3.05, 3.63) is 72.5 Å². The molecule has 0 fully saturated rings. The summed E-state index contributed by atoms with van der Waals surface area (Å²) in [7, 11) is 0. The lowest BCUT2D eigenvalue weighted by Gasteiger charge is -2.16. The molecule has 1 atom stereocenters. The van der Waals surface area contributed by atoms with Crippen LogP contribution in [0.2, 0.25) is 0 Å². The van der Waals surface area contributed by atoms with Crippen molar-refractivity contribution < 1.29 is 8.81 Å². The van der Waals surface area contributed by atoms with E-state index in [0.717, 1.165) is 22.6 Å². The Morgan fingerprint density at radius 2 is 1.76 bits per heavy atom. The normalized spacial score (nSPS) is 12.1. The molecule has 1 unspecified atom stereocenters. The van der Waals surface area contributed by atoms with Gasteiger partial charge in [0.05, 0.1) is 6.20 Å². The van der Waals surface area contributed by atoms with Crippen LogP contribution < -0.4 is 5.32 Å². The molecular weight excluding hydrogens is 267 g/mol. The molecule has 0 saturated carbocycles. The zero-order chi connectivity index (χ0) is 14.7. The standard InChI is InChI=1S/C17H15FN2O/c1-12(13-2-6-15(18)7-3-13)20-16-8-4-14(5-9-16)17-10-19-11-21-17/h2-12,20H,1H3. The van der Waals surface area contributed by atoms with Crippen LogP contribution in [-0.4, -0.2) is 4.98 Å². The SMILES string of the molecule is CC(Nc1ccc(-c2cnco2)cc1)c1ccc(F)cc1. The van der Waals surface area contributed by atoms with Crippen molar-refractivity contribution >= 4 is 5.69 Å². The average molecular weight is 282 g/mol. The molecule has 0 aliphatic carbocycles. The van der Waals surface area contributed by atoms with Gasteiger partial charge in [-0.2, -0.15) is 0 Å². The number of benzene rings is 2. The molecule has 0 aliphatic rings. The van der Waals surface area contributed by atoms with Crippen LogP contribution in [0.1, 0.15) is 18.5 Å². The molecule has 0 amide bonds. The number of anilines is 1. The summed E-state index contributed by atoms with van der Waals surface area (Å²) in [4.78, 5) is 3.90. The highest BCUT2D eigenvalue weighted by molar-refractivity contribution is 5.60. The summed E-state index contributed by atoms with van der Waals surface area (Å²) < 4.78 is 18.2. The molecule has 0 aliphatic heterocycles. The number of hydrogen-bond donors (Lipinski definition) is 1. The summed E-state index contributed by atoms with van der Waals surface area (Å²) in [5.41, 5.74) is 3.01. The maximum atomic E-state index is 12.9. The first-order valence-corrected chi connectivity index (χ1v) is 6.73. The largest absolute Gasteiger partial charge is 0.444 e. The predicted octanol–water partition coefficient (Wildman–Crippen LogP) is 4.65. The second-order valence-corrected chi connectivity index (χ2v) is 4.86. The van der Waals surface area contributed by atoms with Crippen LogP contribution in [0.25, 0.3) is 11.3 Å². The third-order valence-electron chi connectivity index (χ3n) is 3.35. The number of rotatable bonds is 4. The minimum absolute atomic E-state index is 0.0988. The summed E-state index contributed by atoms with van der Waals surface area (Å²) in [6.07, 6.45) is 3.10. The Hall–Kier alpha value is -2.62. The zero-order valence-electron chi connectivity index (χ0n) is 11.6. The third-order valence-corrected chi connectivity index (χ3v) is 3.35. The number of oxazole rings is 1. The molecule has 2 aromatic carbocycles. The molecular formula is C17H15FN2O. The molecule has 4 heteroatoms. The first kappa shape index (κ1) is 13.4. The van der Waals surface area contributed by atoms with Gasteiger partial charge in [-0.05, 0) is 48.9 Å². The fourth-order valence-corrected chi connectivity index (χ4v) is 2.17. The van der Waals surface area contributed by atoms with Gasteiger partial charge in [-0.1, -0.05) is 12.1 Å². The highest BCUT2D eigenvalue weighted by atomic mass is 19.1. The van der Waals surface area contributed by atoms with E-state index in [-0.39, 0.29) is 11.9 Å². The molecule has 21 heavy (non-hydrogen) atoms. The van der Waals surface area contributed by atoms with E-state index < -0.39 is 0 Å². The van der Waals surface area contributed by atoms with Gasteiger partial charge in [0.25, 0.3) is 0 Å². The lowest BCUT2D eigenvalue weighted by atomic mass is 10.1. The van der Waals surface area contributed by atoms with E-state index >= 15 is 0 Å². The van der Waals surface area contributed by atoms with Crippen molar-refractivity contribution in [1.29, 1.82) is 0 Å². The predicted molar refractivity (Wildman–Crippen MR) is 80.4 cm³/mol. The van der Waals surface area contributed by atoms with Gasteiger partial charge < -0.3 is 9.73 Å². The van der Waals surface area contributed by atoms with Gasteiger partial charge in [-0.3, -0.25) is 0 Å². The van der Waals surface area contributed by atoms with Crippen molar-refractivity contribution in [3.63, 3.8) is 0 Å². The van der Waals surface area contributed by atoms with Crippen LogP contribution >= 0.6 is 0 Å². The molecule has 1 heterocycles. The average Bonchev–Trinajstić information content (AvgIpc) is 3.03. The molecule has 3 rings (SSSR count). The molecule has 1 aromatic heterocycles. The van der Waals surface area contributed by atoms with Crippen molar-refractivity contribution in [2.24, 2.45) is 0 Å². The maximum absolute atomic E-state index is 12.9. The van der Waals surface area contributed by atoms with Gasteiger partial charge in [-0.25, -0.2) is 9.37 Å². The first-order chi connectivity index (χ1) is 10.2. The topological polar surface area (TPSA) is 38.1 Å². The molecule has 0 radical (unpaired) electrons. The number of hydrogen-bond acceptors (Lipinski definition) is 3. The number of halogens is 1. The van der Waals surface area contributed by atoms with Crippen LogP contribution in [0.15, 0.2) is 65.5 Å². The Morgan fingerprint density at radius 1 is 1.05 bits per heavy atom. The highest BCUT2D eigenvalue weighted by Gasteiger charge is 2.06. The summed E-state index contributed by atoms with van der Waals surface area (Å²) in [6, 6.07) is 14.5. The van der Waals surface area contributed by atoms with E-state index in [1.165, 1.54) is 18.5 Å². The minimum Gasteiger partial charge on any atom is -0.444 e. The number of aromatic nitrogens is 1. The smallest absolute Gasteiger partial charge is 0.181 e. The van der Waals surface area contributed by atoms with E-state index in [9.17, 15) is 4.39 Å². The van der Waals surface area contributed by atoms with E-state index in [1.54, 1.807) is 18.3 Å². The quantitative estimate of drug-likeness (QED) is 0.756. The van der Waals surface area contributed by atoms with Crippen molar-refractivity contribution in [2.45, 2.75) is 13.0 Å². The van der Waals surface area contributed by atoms with E-state index in [1.807, 2.05) is 31.2 Å². The van der Waals surface area contributed by atoms with Gasteiger partial charge in [-0.15, -0.1) is 0 Å². The highest BCUT2D eigenvalue weighted by Crippen LogP contribution is 2.23. The van der Waals surface area contributed by atoms with Crippen LogP contribution in [0.4, 0.5) is 10.1 Å². The fraction of sp³-hybridized carbons (Fsp3) is 0.118. The molecule has 106 valence electrons. The van der Waals surface area contributed by atoms with Crippen LogP contribution in [0.5, 0.6) is 0 Å². The third kappa shape index (κ3) is 3.11. The van der Waals surface area contributed by atoms with Gasteiger partial charge in [0.1, 0.15) is 5.82 Å². The zero-order valence-corrected chi connectivity index (χ0v) is 11.6. The second-order valence-electron chi connectivity index (χ2n) is 4.86. The summed E-state index contributed by atoms with van der Waals surface area (Å²) in [6.45, 7) is 2.04. The number of nitrogens with one attached hydrogen (secondary N) is 1. The Labute approximate surface area is 122 Å². The molecule has 1 N–H and O–H groups in total. The van der Waals surface area contributed by atoms with Crippen molar-refractivity contribution in [2.75, 3.05) is 5.32 Å². The Morgan fingerprint density at radius 3 is 2.38 bits per heavy atom. The Balaban J connectivity index is 1.71. The molecule has 3 nitrogen and oxygen atoms in total.